The van der Waals surface area contributed by atoms with Gasteiger partial charge in [0.1, 0.15) is 23.5 Å². The lowest BCUT2D eigenvalue weighted by molar-refractivity contribution is -0.137. The molecule has 88 valence electrons. The normalized spacial score (nSPS) is 11.3. The second-order valence-corrected chi connectivity index (χ2v) is 3.33. The molecule has 0 aliphatic heterocycles. The number of carboxylic acids is 1. The number of benzene rings is 1. The average molecular weight is 234 g/mol. The Labute approximate surface area is 98.0 Å². The number of halogens is 1. The first-order valence-corrected chi connectivity index (χ1v) is 4.89. The summed E-state index contributed by atoms with van der Waals surface area (Å²) in [6, 6.07) is 4.78. The van der Waals surface area contributed by atoms with E-state index in [1.807, 2.05) is 0 Å². The molecule has 0 radical (unpaired) electrons. The van der Waals surface area contributed by atoms with Crippen molar-refractivity contribution < 1.29 is 14.3 Å². The number of nitrogens with zero attached hydrogens (tertiary/aromatic N) is 1. The van der Waals surface area contributed by atoms with Crippen molar-refractivity contribution in [2.24, 2.45) is 0 Å². The molecule has 2 N–H and O–H groups in total. The van der Waals surface area contributed by atoms with Gasteiger partial charge in [0.25, 0.3) is 0 Å². The average Bonchev–Trinajstić information content (AvgIpc) is 2.28. The summed E-state index contributed by atoms with van der Waals surface area (Å²) >= 11 is 0. The third-order valence-electron chi connectivity index (χ3n) is 2.16. The highest BCUT2D eigenvalue weighted by atomic mass is 19.1. The van der Waals surface area contributed by atoms with Crippen LogP contribution in [0.5, 0.6) is 0 Å². The molecule has 0 aliphatic rings. The summed E-state index contributed by atoms with van der Waals surface area (Å²) in [4.78, 5) is 10.9. The van der Waals surface area contributed by atoms with Gasteiger partial charge in [0.05, 0.1) is 5.69 Å². The zero-order chi connectivity index (χ0) is 12.8. The summed E-state index contributed by atoms with van der Waals surface area (Å²) in [6.45, 7) is 3.44. The minimum atomic E-state index is -1.09. The Balaban J connectivity index is 3.01. The molecule has 1 rings (SSSR count). The number of nitrogens with one attached hydrogen (secondary N) is 1. The topological polar surface area (TPSA) is 73.1 Å². The van der Waals surface area contributed by atoms with E-state index in [4.69, 9.17) is 10.4 Å². The summed E-state index contributed by atoms with van der Waals surface area (Å²) in [5.74, 6) is -1.77. The van der Waals surface area contributed by atoms with E-state index in [0.29, 0.717) is 0 Å². The van der Waals surface area contributed by atoms with Crippen LogP contribution in [0.4, 0.5) is 10.1 Å². The highest BCUT2D eigenvalue weighted by Gasteiger charge is 2.17. The molecule has 0 heterocycles. The maximum atomic E-state index is 13.3. The fraction of sp³-hybridized carbons (Fsp3) is 0.167. The fourth-order valence-electron chi connectivity index (χ4n) is 1.33. The molecule has 0 saturated heterocycles. The Morgan fingerprint density at radius 3 is 2.94 bits per heavy atom. The Hall–Kier alpha value is -2.35. The molecular weight excluding hydrogens is 223 g/mol. The summed E-state index contributed by atoms with van der Waals surface area (Å²) < 4.78 is 13.3. The number of hydrogen-bond donors (Lipinski definition) is 2. The molecule has 1 aromatic rings. The van der Waals surface area contributed by atoms with Gasteiger partial charge in [0.15, 0.2) is 0 Å². The number of hydrogen-bond acceptors (Lipinski definition) is 3. The Morgan fingerprint density at radius 1 is 1.71 bits per heavy atom. The van der Waals surface area contributed by atoms with Gasteiger partial charge in [-0.05, 0) is 18.6 Å². The summed E-state index contributed by atoms with van der Waals surface area (Å²) in [5, 5.41) is 20.3. The van der Waals surface area contributed by atoms with Gasteiger partial charge in [-0.3, -0.25) is 0 Å². The number of rotatable bonds is 5. The van der Waals surface area contributed by atoms with Crippen molar-refractivity contribution in [1.29, 1.82) is 5.26 Å². The molecule has 5 heteroatoms. The summed E-state index contributed by atoms with van der Waals surface area (Å²) in [7, 11) is 0. The zero-order valence-corrected chi connectivity index (χ0v) is 8.98. The maximum absolute atomic E-state index is 13.3. The predicted molar refractivity (Wildman–Crippen MR) is 61.0 cm³/mol. The third-order valence-corrected chi connectivity index (χ3v) is 2.16. The quantitative estimate of drug-likeness (QED) is 0.765. The van der Waals surface area contributed by atoms with Crippen molar-refractivity contribution in [2.75, 3.05) is 5.32 Å². The third kappa shape index (κ3) is 3.05. The van der Waals surface area contributed by atoms with Crippen molar-refractivity contribution >= 4 is 11.7 Å². The van der Waals surface area contributed by atoms with Gasteiger partial charge in [-0.15, -0.1) is 6.58 Å². The van der Waals surface area contributed by atoms with E-state index in [2.05, 4.69) is 11.9 Å². The van der Waals surface area contributed by atoms with Crippen molar-refractivity contribution in [3.8, 4) is 6.07 Å². The number of nitriles is 1. The van der Waals surface area contributed by atoms with Crippen LogP contribution >= 0.6 is 0 Å². The van der Waals surface area contributed by atoms with Gasteiger partial charge < -0.3 is 10.4 Å². The first kappa shape index (κ1) is 12.7. The van der Waals surface area contributed by atoms with Crippen LogP contribution in [0.15, 0.2) is 30.9 Å². The molecule has 1 atom stereocenters. The standard InChI is InChI=1S/C12H11FN2O2/c1-2-4-11(12(16)17)15-10-6-3-5-9(13)8(10)7-14/h2-3,5-6,11,15H,1,4H2,(H,16,17). The van der Waals surface area contributed by atoms with Crippen LogP contribution in [0.3, 0.4) is 0 Å². The summed E-state index contributed by atoms with van der Waals surface area (Å²) in [5.41, 5.74) is -0.0236. The van der Waals surface area contributed by atoms with Crippen LogP contribution in [0.25, 0.3) is 0 Å². The highest BCUT2D eigenvalue weighted by Crippen LogP contribution is 2.19. The monoisotopic (exact) mass is 234 g/mol. The SMILES string of the molecule is C=CCC(Nc1cccc(F)c1C#N)C(=O)O. The highest BCUT2D eigenvalue weighted by molar-refractivity contribution is 5.78. The van der Waals surface area contributed by atoms with E-state index >= 15 is 0 Å². The number of carboxylic acid groups (broad SMARTS) is 1. The van der Waals surface area contributed by atoms with Gasteiger partial charge in [-0.2, -0.15) is 5.26 Å². The van der Waals surface area contributed by atoms with E-state index in [0.717, 1.165) is 6.07 Å². The zero-order valence-electron chi connectivity index (χ0n) is 8.98. The predicted octanol–water partition coefficient (Wildman–Crippen LogP) is 2.14. The molecule has 0 aliphatic carbocycles. The van der Waals surface area contributed by atoms with Crippen LogP contribution in [0, 0.1) is 17.1 Å². The first-order chi connectivity index (χ1) is 8.10. The Bertz CT molecular complexity index is 480. The van der Waals surface area contributed by atoms with Crippen LogP contribution in [0.2, 0.25) is 0 Å². The number of aliphatic carboxylic acids is 1. The van der Waals surface area contributed by atoms with Crippen LogP contribution in [-0.4, -0.2) is 17.1 Å². The fourth-order valence-corrected chi connectivity index (χ4v) is 1.33. The molecule has 0 spiro atoms. The van der Waals surface area contributed by atoms with Gasteiger partial charge >= 0.3 is 5.97 Å². The van der Waals surface area contributed by atoms with E-state index in [1.54, 1.807) is 6.07 Å². The second-order valence-electron chi connectivity index (χ2n) is 3.33. The molecular formula is C12H11FN2O2. The van der Waals surface area contributed by atoms with Gasteiger partial charge in [-0.25, -0.2) is 9.18 Å². The minimum Gasteiger partial charge on any atom is -0.480 e. The first-order valence-electron chi connectivity index (χ1n) is 4.89. The van der Waals surface area contributed by atoms with E-state index < -0.39 is 17.8 Å². The molecule has 0 amide bonds. The maximum Gasteiger partial charge on any atom is 0.326 e. The summed E-state index contributed by atoms with van der Waals surface area (Å²) in [6.07, 6.45) is 1.62. The lowest BCUT2D eigenvalue weighted by Gasteiger charge is -2.15. The number of anilines is 1. The Kier molecular flexibility index (Phi) is 4.23. The molecule has 1 unspecified atom stereocenters. The molecule has 1 aromatic carbocycles. The lowest BCUT2D eigenvalue weighted by atomic mass is 10.1. The number of carbonyl (C=O) groups is 1. The molecule has 0 aromatic heterocycles. The van der Waals surface area contributed by atoms with E-state index in [1.165, 1.54) is 18.2 Å². The van der Waals surface area contributed by atoms with Crippen molar-refractivity contribution in [2.45, 2.75) is 12.5 Å². The van der Waals surface area contributed by atoms with E-state index in [9.17, 15) is 9.18 Å². The van der Waals surface area contributed by atoms with Crippen molar-refractivity contribution in [3.05, 3.63) is 42.2 Å². The van der Waals surface area contributed by atoms with Gasteiger partial charge in [-0.1, -0.05) is 12.1 Å². The molecule has 4 nitrogen and oxygen atoms in total. The van der Waals surface area contributed by atoms with Gasteiger partial charge in [0, 0.05) is 0 Å². The molecule has 0 bridgehead atoms. The Morgan fingerprint density at radius 2 is 2.41 bits per heavy atom. The van der Waals surface area contributed by atoms with Crippen molar-refractivity contribution in [3.63, 3.8) is 0 Å². The van der Waals surface area contributed by atoms with Gasteiger partial charge in [0.2, 0.25) is 0 Å². The lowest BCUT2D eigenvalue weighted by Crippen LogP contribution is -2.29. The largest absolute Gasteiger partial charge is 0.480 e. The van der Waals surface area contributed by atoms with E-state index in [-0.39, 0.29) is 17.7 Å². The minimum absolute atomic E-state index is 0.168. The molecule has 0 fully saturated rings. The van der Waals surface area contributed by atoms with Crippen LogP contribution < -0.4 is 5.32 Å². The molecule has 17 heavy (non-hydrogen) atoms. The second kappa shape index (κ2) is 5.66. The molecule has 0 saturated carbocycles. The smallest absolute Gasteiger partial charge is 0.326 e. The van der Waals surface area contributed by atoms with Crippen LogP contribution in [-0.2, 0) is 4.79 Å². The van der Waals surface area contributed by atoms with Crippen LogP contribution in [0.1, 0.15) is 12.0 Å². The van der Waals surface area contributed by atoms with Crippen molar-refractivity contribution in [1.82, 2.24) is 0 Å².